The second-order valence-electron chi connectivity index (χ2n) is 6.23. The average Bonchev–Trinajstić information content (AvgIpc) is 2.62. The summed E-state index contributed by atoms with van der Waals surface area (Å²) in [7, 11) is -4.02. The Kier molecular flexibility index (Phi) is 7.85. The number of nitrogens with one attached hydrogen (secondary N) is 1. The van der Waals surface area contributed by atoms with Gasteiger partial charge in [-0.2, -0.15) is 8.42 Å². The lowest BCUT2D eigenvalue weighted by atomic mass is 10.0. The fourth-order valence-corrected chi connectivity index (χ4v) is 3.15. The van der Waals surface area contributed by atoms with Crippen LogP contribution in [-0.2, 0) is 16.5 Å². The lowest BCUT2D eigenvalue weighted by Gasteiger charge is -2.15. The molecule has 0 radical (unpaired) electrons. The Balaban J connectivity index is 0.000000197. The van der Waals surface area contributed by atoms with Crippen LogP contribution in [0.5, 0.6) is 0 Å². The molecule has 26 heavy (non-hydrogen) atoms. The fraction of sp³-hybridized carbons (Fsp3) is 0.300. The quantitative estimate of drug-likeness (QED) is 0.597. The van der Waals surface area contributed by atoms with E-state index in [-0.39, 0.29) is 4.90 Å². The minimum atomic E-state index is -4.02. The van der Waals surface area contributed by atoms with Crippen molar-refractivity contribution >= 4 is 21.7 Å². The molecular weight excluding hydrogens is 370 g/mol. The summed E-state index contributed by atoms with van der Waals surface area (Å²) in [4.78, 5) is -0.0666. The highest BCUT2D eigenvalue weighted by molar-refractivity contribution is 7.85. The summed E-state index contributed by atoms with van der Waals surface area (Å²) in [6.07, 6.45) is 5.80. The van der Waals surface area contributed by atoms with E-state index in [2.05, 4.69) is 23.5 Å². The van der Waals surface area contributed by atoms with Crippen LogP contribution in [0.1, 0.15) is 24.0 Å². The van der Waals surface area contributed by atoms with E-state index in [0.717, 1.165) is 30.1 Å². The van der Waals surface area contributed by atoms with Gasteiger partial charge in [0.15, 0.2) is 0 Å². The molecule has 0 unspecified atom stereocenters. The Bertz CT molecular complexity index is 820. The van der Waals surface area contributed by atoms with Crippen molar-refractivity contribution in [3.63, 3.8) is 0 Å². The van der Waals surface area contributed by atoms with Gasteiger partial charge in [-0.3, -0.25) is 4.55 Å². The zero-order valence-electron chi connectivity index (χ0n) is 14.8. The standard InChI is InChI=1S/C13H16ClN.C7H8O3S/c14-13-5-3-11(4-6-13)1-2-12-7-9-15-10-8-12;1-6-2-4-7(5-3-6)11(8,9)10/h2-6,15H,1,7-10H2;2-5H,1H3,(H,8,9,10). The van der Waals surface area contributed by atoms with Crippen LogP contribution in [0.4, 0.5) is 0 Å². The molecule has 1 fully saturated rings. The third-order valence-corrected chi connectivity index (χ3v) is 5.22. The normalized spacial score (nSPS) is 14.3. The molecule has 0 spiro atoms. The first-order chi connectivity index (χ1) is 12.3. The number of benzene rings is 2. The van der Waals surface area contributed by atoms with Gasteiger partial charge in [0.05, 0.1) is 4.90 Å². The molecule has 0 bridgehead atoms. The predicted molar refractivity (Wildman–Crippen MR) is 106 cm³/mol. The van der Waals surface area contributed by atoms with Crippen molar-refractivity contribution in [2.24, 2.45) is 0 Å². The van der Waals surface area contributed by atoms with Gasteiger partial charge in [-0.15, -0.1) is 0 Å². The second kappa shape index (κ2) is 9.88. The highest BCUT2D eigenvalue weighted by Gasteiger charge is 2.06. The highest BCUT2D eigenvalue weighted by Crippen LogP contribution is 2.14. The van der Waals surface area contributed by atoms with Crippen LogP contribution >= 0.6 is 11.6 Å². The molecule has 2 aromatic rings. The van der Waals surface area contributed by atoms with E-state index in [0.29, 0.717) is 0 Å². The molecule has 4 nitrogen and oxygen atoms in total. The molecule has 0 saturated carbocycles. The average molecular weight is 394 g/mol. The Morgan fingerprint density at radius 1 is 1.04 bits per heavy atom. The van der Waals surface area contributed by atoms with Crippen molar-refractivity contribution < 1.29 is 13.0 Å². The number of rotatable bonds is 3. The number of hydrogen-bond donors (Lipinski definition) is 2. The van der Waals surface area contributed by atoms with Crippen LogP contribution in [0, 0.1) is 6.92 Å². The van der Waals surface area contributed by atoms with E-state index in [4.69, 9.17) is 16.2 Å². The number of allylic oxidation sites excluding steroid dienone is 1. The van der Waals surface area contributed by atoms with Gasteiger partial charge in [0.1, 0.15) is 0 Å². The first-order valence-corrected chi connectivity index (χ1v) is 10.3. The Morgan fingerprint density at radius 2 is 1.62 bits per heavy atom. The molecule has 1 heterocycles. The van der Waals surface area contributed by atoms with Gasteiger partial charge in [-0.1, -0.05) is 53.1 Å². The summed E-state index contributed by atoms with van der Waals surface area (Å²) >= 11 is 5.84. The summed E-state index contributed by atoms with van der Waals surface area (Å²) in [5, 5.41) is 4.18. The Morgan fingerprint density at radius 3 is 2.15 bits per heavy atom. The maximum atomic E-state index is 10.5. The van der Waals surface area contributed by atoms with Gasteiger partial charge in [-0.25, -0.2) is 0 Å². The predicted octanol–water partition coefficient (Wildman–Crippen LogP) is 4.43. The molecule has 140 valence electrons. The van der Waals surface area contributed by atoms with Crippen LogP contribution in [-0.4, -0.2) is 26.1 Å². The van der Waals surface area contributed by atoms with E-state index in [1.807, 2.05) is 19.1 Å². The number of piperidine rings is 1. The molecule has 2 aromatic carbocycles. The monoisotopic (exact) mass is 393 g/mol. The van der Waals surface area contributed by atoms with Gasteiger partial charge in [0.25, 0.3) is 10.1 Å². The van der Waals surface area contributed by atoms with Crippen LogP contribution in [0.15, 0.2) is 65.1 Å². The lowest BCUT2D eigenvalue weighted by molar-refractivity contribution is 0.483. The third kappa shape index (κ3) is 7.30. The van der Waals surface area contributed by atoms with Crippen molar-refractivity contribution in [2.45, 2.75) is 31.1 Å². The summed E-state index contributed by atoms with van der Waals surface area (Å²) < 4.78 is 29.6. The molecule has 1 aliphatic rings. The maximum absolute atomic E-state index is 10.5. The van der Waals surface area contributed by atoms with Crippen LogP contribution < -0.4 is 5.32 Å². The van der Waals surface area contributed by atoms with E-state index in [1.165, 1.54) is 30.5 Å². The van der Waals surface area contributed by atoms with Gasteiger partial charge in [-0.05, 0) is 69.1 Å². The number of hydrogen-bond acceptors (Lipinski definition) is 3. The summed E-state index contributed by atoms with van der Waals surface area (Å²) in [5.41, 5.74) is 3.88. The van der Waals surface area contributed by atoms with Crippen LogP contribution in [0.2, 0.25) is 5.02 Å². The zero-order valence-corrected chi connectivity index (χ0v) is 16.4. The minimum absolute atomic E-state index is 0.0666. The fourth-order valence-electron chi connectivity index (χ4n) is 2.54. The van der Waals surface area contributed by atoms with Crippen molar-refractivity contribution in [3.05, 3.63) is 76.3 Å². The van der Waals surface area contributed by atoms with Gasteiger partial charge < -0.3 is 5.32 Å². The largest absolute Gasteiger partial charge is 0.316 e. The molecule has 0 aliphatic carbocycles. The molecular formula is C20H24ClNO3S. The smallest absolute Gasteiger partial charge is 0.294 e. The second-order valence-corrected chi connectivity index (χ2v) is 8.09. The Labute approximate surface area is 160 Å². The molecule has 6 heteroatoms. The number of halogens is 1. The van der Waals surface area contributed by atoms with Crippen molar-refractivity contribution in [1.29, 1.82) is 0 Å². The van der Waals surface area contributed by atoms with E-state index < -0.39 is 10.1 Å². The SMILES string of the molecule is Cc1ccc(S(=O)(=O)O)cc1.Clc1ccc(CC=C2CCNCC2)cc1. The third-order valence-electron chi connectivity index (χ3n) is 4.10. The van der Waals surface area contributed by atoms with Gasteiger partial charge in [0.2, 0.25) is 0 Å². The van der Waals surface area contributed by atoms with Crippen molar-refractivity contribution in [3.8, 4) is 0 Å². The maximum Gasteiger partial charge on any atom is 0.294 e. The molecule has 0 aromatic heterocycles. The van der Waals surface area contributed by atoms with Gasteiger partial charge in [0, 0.05) is 5.02 Å². The van der Waals surface area contributed by atoms with Gasteiger partial charge >= 0.3 is 0 Å². The lowest BCUT2D eigenvalue weighted by Crippen LogP contribution is -2.23. The highest BCUT2D eigenvalue weighted by atomic mass is 35.5. The molecule has 1 aliphatic heterocycles. The molecule has 0 amide bonds. The van der Waals surface area contributed by atoms with Crippen LogP contribution in [0.3, 0.4) is 0 Å². The topological polar surface area (TPSA) is 66.4 Å². The van der Waals surface area contributed by atoms with E-state index >= 15 is 0 Å². The summed E-state index contributed by atoms with van der Waals surface area (Å²) in [5.74, 6) is 0. The molecule has 3 rings (SSSR count). The first kappa shape index (κ1) is 20.6. The summed E-state index contributed by atoms with van der Waals surface area (Å²) in [6, 6.07) is 14.1. The van der Waals surface area contributed by atoms with E-state index in [9.17, 15) is 8.42 Å². The zero-order chi connectivity index (χ0) is 19.0. The van der Waals surface area contributed by atoms with Crippen molar-refractivity contribution in [2.75, 3.05) is 13.1 Å². The Hall–Kier alpha value is -1.66. The van der Waals surface area contributed by atoms with Crippen LogP contribution in [0.25, 0.3) is 0 Å². The molecule has 1 saturated heterocycles. The molecule has 0 atom stereocenters. The summed E-state index contributed by atoms with van der Waals surface area (Å²) in [6.45, 7) is 4.10. The minimum Gasteiger partial charge on any atom is -0.316 e. The molecule has 2 N–H and O–H groups in total. The van der Waals surface area contributed by atoms with E-state index in [1.54, 1.807) is 17.7 Å². The number of aryl methyl sites for hydroxylation is 1. The van der Waals surface area contributed by atoms with Crippen molar-refractivity contribution in [1.82, 2.24) is 5.32 Å². The first-order valence-electron chi connectivity index (χ1n) is 8.52.